The van der Waals surface area contributed by atoms with Crippen LogP contribution in [0.2, 0.25) is 0 Å². The maximum atomic E-state index is 12.9. The summed E-state index contributed by atoms with van der Waals surface area (Å²) in [5.41, 5.74) is 7.94. The standard InChI is InChI=1S/C22H26N2O3S.ClH/c23-21-15-24(14-20(21)16-6-2-1-3-7-16)22(25)17-10-12-19(13-11-17)28(26,27)18-8-4-5-9-18;/h1-3,6-7,10-13,18,20-21H,4-5,8-9,14-15,23H2;1H/t20-,21+;/m0./s1. The first-order valence-corrected chi connectivity index (χ1v) is 11.5. The van der Waals surface area contributed by atoms with Crippen molar-refractivity contribution in [1.82, 2.24) is 4.90 Å². The van der Waals surface area contributed by atoms with E-state index in [2.05, 4.69) is 0 Å². The zero-order valence-corrected chi connectivity index (χ0v) is 17.9. The third kappa shape index (κ3) is 4.34. The molecule has 0 unspecified atom stereocenters. The molecule has 1 heterocycles. The predicted molar refractivity (Wildman–Crippen MR) is 116 cm³/mol. The summed E-state index contributed by atoms with van der Waals surface area (Å²) < 4.78 is 25.4. The molecule has 4 rings (SSSR count). The van der Waals surface area contributed by atoms with Gasteiger partial charge in [-0.05, 0) is 42.7 Å². The van der Waals surface area contributed by atoms with Gasteiger partial charge in [-0.15, -0.1) is 12.4 Å². The number of amides is 1. The van der Waals surface area contributed by atoms with Crippen molar-refractivity contribution in [1.29, 1.82) is 0 Å². The molecular formula is C22H27ClN2O3S. The van der Waals surface area contributed by atoms with Crippen molar-refractivity contribution in [3.05, 3.63) is 65.7 Å². The van der Waals surface area contributed by atoms with Gasteiger partial charge in [-0.2, -0.15) is 0 Å². The van der Waals surface area contributed by atoms with Crippen molar-refractivity contribution >= 4 is 28.2 Å². The van der Waals surface area contributed by atoms with Crippen molar-refractivity contribution in [2.24, 2.45) is 5.73 Å². The predicted octanol–water partition coefficient (Wildman–Crippen LogP) is 3.39. The highest BCUT2D eigenvalue weighted by Gasteiger charge is 2.34. The van der Waals surface area contributed by atoms with E-state index in [9.17, 15) is 13.2 Å². The van der Waals surface area contributed by atoms with Crippen LogP contribution in [0, 0.1) is 0 Å². The number of rotatable bonds is 4. The Morgan fingerprint density at radius 1 is 0.931 bits per heavy atom. The molecular weight excluding hydrogens is 408 g/mol. The summed E-state index contributed by atoms with van der Waals surface area (Å²) >= 11 is 0. The van der Waals surface area contributed by atoms with E-state index in [0.29, 0.717) is 23.5 Å². The fraction of sp³-hybridized carbons (Fsp3) is 0.409. The second-order valence-corrected chi connectivity index (χ2v) is 10.1. The molecule has 2 fully saturated rings. The van der Waals surface area contributed by atoms with Gasteiger partial charge in [-0.1, -0.05) is 43.2 Å². The normalized spacial score (nSPS) is 22.4. The van der Waals surface area contributed by atoms with E-state index in [1.165, 1.54) is 0 Å². The van der Waals surface area contributed by atoms with Gasteiger partial charge in [-0.25, -0.2) is 8.42 Å². The van der Waals surface area contributed by atoms with Crippen molar-refractivity contribution in [2.45, 2.75) is 47.8 Å². The van der Waals surface area contributed by atoms with Gasteiger partial charge < -0.3 is 10.6 Å². The van der Waals surface area contributed by atoms with E-state index in [-0.39, 0.29) is 35.5 Å². The Labute approximate surface area is 178 Å². The van der Waals surface area contributed by atoms with Crippen LogP contribution in [0.1, 0.15) is 47.5 Å². The van der Waals surface area contributed by atoms with Crippen molar-refractivity contribution in [3.63, 3.8) is 0 Å². The second-order valence-electron chi connectivity index (χ2n) is 7.87. The third-order valence-electron chi connectivity index (χ3n) is 6.05. The molecule has 156 valence electrons. The molecule has 1 aliphatic heterocycles. The summed E-state index contributed by atoms with van der Waals surface area (Å²) in [5.74, 6) is 0.0193. The van der Waals surface area contributed by atoms with Crippen LogP contribution in [0.25, 0.3) is 0 Å². The molecule has 7 heteroatoms. The van der Waals surface area contributed by atoms with Crippen LogP contribution in [0.4, 0.5) is 0 Å². The fourth-order valence-corrected chi connectivity index (χ4v) is 6.26. The number of nitrogens with two attached hydrogens (primary N) is 1. The zero-order chi connectivity index (χ0) is 19.7. The molecule has 0 aromatic heterocycles. The zero-order valence-electron chi connectivity index (χ0n) is 16.2. The lowest BCUT2D eigenvalue weighted by atomic mass is 9.95. The molecule has 2 aliphatic rings. The van der Waals surface area contributed by atoms with Gasteiger partial charge in [0.1, 0.15) is 0 Å². The van der Waals surface area contributed by atoms with Gasteiger partial charge in [0.05, 0.1) is 10.1 Å². The molecule has 29 heavy (non-hydrogen) atoms. The van der Waals surface area contributed by atoms with E-state index in [1.54, 1.807) is 29.2 Å². The molecule has 0 spiro atoms. The van der Waals surface area contributed by atoms with Crippen LogP contribution in [0.3, 0.4) is 0 Å². The topological polar surface area (TPSA) is 80.5 Å². The minimum absolute atomic E-state index is 0. The van der Waals surface area contributed by atoms with Gasteiger partial charge in [0.25, 0.3) is 5.91 Å². The Balaban J connectivity index is 0.00000240. The molecule has 2 aromatic rings. The molecule has 0 bridgehead atoms. The number of benzene rings is 2. The number of hydrogen-bond donors (Lipinski definition) is 1. The number of likely N-dealkylation sites (tertiary alicyclic amines) is 1. The number of hydrogen-bond acceptors (Lipinski definition) is 4. The third-order valence-corrected chi connectivity index (χ3v) is 8.33. The SMILES string of the molecule is Cl.N[C@@H]1CN(C(=O)c2ccc(S(=O)(=O)C3CCCC3)cc2)C[C@H]1c1ccccc1. The average Bonchev–Trinajstić information content (AvgIpc) is 3.39. The highest BCUT2D eigenvalue weighted by Crippen LogP contribution is 2.30. The lowest BCUT2D eigenvalue weighted by Gasteiger charge is -2.17. The van der Waals surface area contributed by atoms with Crippen LogP contribution < -0.4 is 5.73 Å². The van der Waals surface area contributed by atoms with Crippen LogP contribution >= 0.6 is 12.4 Å². The minimum Gasteiger partial charge on any atom is -0.336 e. The molecule has 2 aromatic carbocycles. The fourth-order valence-electron chi connectivity index (χ4n) is 4.41. The van der Waals surface area contributed by atoms with Crippen LogP contribution in [0.15, 0.2) is 59.5 Å². The van der Waals surface area contributed by atoms with E-state index in [4.69, 9.17) is 5.73 Å². The van der Waals surface area contributed by atoms with E-state index < -0.39 is 9.84 Å². The summed E-state index contributed by atoms with van der Waals surface area (Å²) in [6.07, 6.45) is 3.40. The Morgan fingerprint density at radius 3 is 2.17 bits per heavy atom. The molecule has 1 saturated heterocycles. The molecule has 5 nitrogen and oxygen atoms in total. The van der Waals surface area contributed by atoms with Crippen LogP contribution in [-0.4, -0.2) is 43.6 Å². The highest BCUT2D eigenvalue weighted by atomic mass is 35.5. The number of carbonyl (C=O) groups is 1. The van der Waals surface area contributed by atoms with Crippen molar-refractivity contribution in [3.8, 4) is 0 Å². The second kappa shape index (κ2) is 8.86. The summed E-state index contributed by atoms with van der Waals surface area (Å²) in [6.45, 7) is 1.08. The Kier molecular flexibility index (Phi) is 6.66. The lowest BCUT2D eigenvalue weighted by molar-refractivity contribution is 0.0789. The number of nitrogens with zero attached hydrogens (tertiary/aromatic N) is 1. The first-order chi connectivity index (χ1) is 13.5. The van der Waals surface area contributed by atoms with E-state index in [0.717, 1.165) is 31.2 Å². The van der Waals surface area contributed by atoms with Gasteiger partial charge in [0.2, 0.25) is 0 Å². The largest absolute Gasteiger partial charge is 0.336 e. The number of halogens is 1. The van der Waals surface area contributed by atoms with Gasteiger partial charge in [-0.3, -0.25) is 4.79 Å². The maximum absolute atomic E-state index is 12.9. The van der Waals surface area contributed by atoms with Gasteiger partial charge in [0, 0.05) is 30.6 Å². The lowest BCUT2D eigenvalue weighted by Crippen LogP contribution is -2.32. The summed E-state index contributed by atoms with van der Waals surface area (Å²) in [4.78, 5) is 15.0. The van der Waals surface area contributed by atoms with E-state index >= 15 is 0 Å². The van der Waals surface area contributed by atoms with Crippen LogP contribution in [-0.2, 0) is 9.84 Å². The van der Waals surface area contributed by atoms with Gasteiger partial charge >= 0.3 is 0 Å². The maximum Gasteiger partial charge on any atom is 0.253 e. The van der Waals surface area contributed by atoms with Crippen molar-refractivity contribution in [2.75, 3.05) is 13.1 Å². The first-order valence-electron chi connectivity index (χ1n) is 9.90. The quantitative estimate of drug-likeness (QED) is 0.799. The van der Waals surface area contributed by atoms with Crippen LogP contribution in [0.5, 0.6) is 0 Å². The average molecular weight is 435 g/mol. The van der Waals surface area contributed by atoms with Gasteiger partial charge in [0.15, 0.2) is 9.84 Å². The summed E-state index contributed by atoms with van der Waals surface area (Å²) in [7, 11) is -3.30. The Bertz CT molecular complexity index is 942. The molecule has 2 atom stereocenters. The van der Waals surface area contributed by atoms with E-state index in [1.807, 2.05) is 30.3 Å². The Morgan fingerprint density at radius 2 is 1.55 bits per heavy atom. The molecule has 2 N–H and O–H groups in total. The number of carbonyl (C=O) groups excluding carboxylic acids is 1. The smallest absolute Gasteiger partial charge is 0.253 e. The molecule has 0 radical (unpaired) electrons. The van der Waals surface area contributed by atoms with Crippen molar-refractivity contribution < 1.29 is 13.2 Å². The molecule has 1 aliphatic carbocycles. The summed E-state index contributed by atoms with van der Waals surface area (Å²) in [5, 5.41) is -0.280. The first kappa shape index (κ1) is 21.8. The minimum atomic E-state index is -3.30. The number of sulfone groups is 1. The molecule has 1 saturated carbocycles. The molecule has 1 amide bonds. The highest BCUT2D eigenvalue weighted by molar-refractivity contribution is 7.92. The monoisotopic (exact) mass is 434 g/mol. The summed E-state index contributed by atoms with van der Waals surface area (Å²) in [6, 6.07) is 16.3. The Hall–Kier alpha value is -1.89.